The van der Waals surface area contributed by atoms with E-state index in [1.807, 2.05) is 13.1 Å². The first-order valence-electron chi connectivity index (χ1n) is 6.37. The summed E-state index contributed by atoms with van der Waals surface area (Å²) in [6.45, 7) is 10.8. The van der Waals surface area contributed by atoms with E-state index in [1.165, 1.54) is 19.4 Å². The van der Waals surface area contributed by atoms with Gasteiger partial charge in [0, 0.05) is 24.0 Å². The number of hydrogen-bond donors (Lipinski definition) is 1. The Morgan fingerprint density at radius 1 is 1.41 bits per heavy atom. The summed E-state index contributed by atoms with van der Waals surface area (Å²) in [5.41, 5.74) is 10.6. The monoisotopic (exact) mass is 233 g/mol. The Labute approximate surface area is 104 Å². The molecule has 1 aliphatic rings. The van der Waals surface area contributed by atoms with Crippen molar-refractivity contribution in [2.45, 2.75) is 52.6 Å². The third kappa shape index (κ3) is 2.29. The minimum Gasteiger partial charge on any atom is -0.398 e. The van der Waals surface area contributed by atoms with Crippen molar-refractivity contribution < 1.29 is 0 Å². The first kappa shape index (κ1) is 12.4. The van der Waals surface area contributed by atoms with Crippen LogP contribution in [-0.2, 0) is 6.54 Å². The molecule has 2 heterocycles. The summed E-state index contributed by atoms with van der Waals surface area (Å²) in [4.78, 5) is 7.06. The fourth-order valence-corrected chi connectivity index (χ4v) is 2.59. The Hall–Kier alpha value is -1.09. The van der Waals surface area contributed by atoms with Crippen LogP contribution >= 0.6 is 0 Å². The predicted octanol–water partition coefficient (Wildman–Crippen LogP) is 2.66. The van der Waals surface area contributed by atoms with Crippen molar-refractivity contribution in [2.75, 3.05) is 12.3 Å². The number of nitrogen functional groups attached to an aromatic ring is 1. The molecule has 94 valence electrons. The van der Waals surface area contributed by atoms with E-state index in [0.717, 1.165) is 29.1 Å². The second kappa shape index (κ2) is 4.30. The topological polar surface area (TPSA) is 42.2 Å². The van der Waals surface area contributed by atoms with Crippen molar-refractivity contribution in [3.63, 3.8) is 0 Å². The van der Waals surface area contributed by atoms with Crippen molar-refractivity contribution in [3.05, 3.63) is 23.0 Å². The highest BCUT2D eigenvalue weighted by molar-refractivity contribution is 5.53. The molecule has 2 N–H and O–H groups in total. The van der Waals surface area contributed by atoms with E-state index in [4.69, 9.17) is 5.73 Å². The SMILES string of the molecule is Cc1cnc(CN2CCCC2(C)C)c(C)c1N. The Morgan fingerprint density at radius 2 is 2.12 bits per heavy atom. The van der Waals surface area contributed by atoms with Crippen LogP contribution in [0.3, 0.4) is 0 Å². The number of rotatable bonds is 2. The zero-order chi connectivity index (χ0) is 12.6. The van der Waals surface area contributed by atoms with Gasteiger partial charge in [-0.25, -0.2) is 0 Å². The third-order valence-electron chi connectivity index (χ3n) is 4.09. The second-order valence-electron chi connectivity index (χ2n) is 5.76. The number of likely N-dealkylation sites (tertiary alicyclic amines) is 1. The number of aryl methyl sites for hydroxylation is 1. The largest absolute Gasteiger partial charge is 0.398 e. The summed E-state index contributed by atoms with van der Waals surface area (Å²) in [5.74, 6) is 0. The molecule has 1 saturated heterocycles. The second-order valence-corrected chi connectivity index (χ2v) is 5.76. The molecule has 0 radical (unpaired) electrons. The van der Waals surface area contributed by atoms with Crippen LogP contribution in [-0.4, -0.2) is 22.0 Å². The average Bonchev–Trinajstić information content (AvgIpc) is 2.59. The van der Waals surface area contributed by atoms with Crippen LogP contribution in [0.15, 0.2) is 6.20 Å². The van der Waals surface area contributed by atoms with Crippen LogP contribution in [0.25, 0.3) is 0 Å². The molecule has 3 heteroatoms. The molecule has 0 spiro atoms. The van der Waals surface area contributed by atoms with Gasteiger partial charge in [-0.1, -0.05) is 0 Å². The Morgan fingerprint density at radius 3 is 2.71 bits per heavy atom. The molecule has 0 saturated carbocycles. The molecule has 2 rings (SSSR count). The number of nitrogens with two attached hydrogens (primary N) is 1. The lowest BCUT2D eigenvalue weighted by molar-refractivity contribution is 0.164. The van der Waals surface area contributed by atoms with Gasteiger partial charge in [0.1, 0.15) is 0 Å². The predicted molar refractivity (Wildman–Crippen MR) is 71.8 cm³/mol. The highest BCUT2D eigenvalue weighted by atomic mass is 15.2. The van der Waals surface area contributed by atoms with Crippen molar-refractivity contribution in [2.24, 2.45) is 0 Å². The standard InChI is InChI=1S/C14H23N3/c1-10-8-16-12(11(2)13(10)15)9-17-7-5-6-14(17,3)4/h8H,5-7,9H2,1-4H3,(H2,15,16). The number of pyridine rings is 1. The van der Waals surface area contributed by atoms with Crippen molar-refractivity contribution in [1.82, 2.24) is 9.88 Å². The maximum atomic E-state index is 6.07. The first-order chi connectivity index (χ1) is 7.92. The van der Waals surface area contributed by atoms with Crippen LogP contribution in [0.2, 0.25) is 0 Å². The van der Waals surface area contributed by atoms with E-state index in [1.54, 1.807) is 0 Å². The smallest absolute Gasteiger partial charge is 0.0593 e. The number of hydrogen-bond acceptors (Lipinski definition) is 3. The van der Waals surface area contributed by atoms with Gasteiger partial charge in [0.05, 0.1) is 5.69 Å². The average molecular weight is 233 g/mol. The van der Waals surface area contributed by atoms with E-state index in [2.05, 4.69) is 30.7 Å². The van der Waals surface area contributed by atoms with E-state index in [0.29, 0.717) is 5.54 Å². The van der Waals surface area contributed by atoms with Crippen LogP contribution in [0.4, 0.5) is 5.69 Å². The maximum Gasteiger partial charge on any atom is 0.0593 e. The van der Waals surface area contributed by atoms with Crippen LogP contribution < -0.4 is 5.73 Å². The molecule has 17 heavy (non-hydrogen) atoms. The highest BCUT2D eigenvalue weighted by Crippen LogP contribution is 2.30. The lowest BCUT2D eigenvalue weighted by Crippen LogP contribution is -2.37. The van der Waals surface area contributed by atoms with Crippen LogP contribution in [0.1, 0.15) is 43.5 Å². The molecule has 0 atom stereocenters. The Balaban J connectivity index is 2.22. The van der Waals surface area contributed by atoms with Gasteiger partial charge in [-0.05, 0) is 58.2 Å². The van der Waals surface area contributed by atoms with E-state index in [-0.39, 0.29) is 0 Å². The summed E-state index contributed by atoms with van der Waals surface area (Å²) >= 11 is 0. The van der Waals surface area contributed by atoms with E-state index < -0.39 is 0 Å². The van der Waals surface area contributed by atoms with Gasteiger partial charge >= 0.3 is 0 Å². The van der Waals surface area contributed by atoms with Gasteiger partial charge in [0.2, 0.25) is 0 Å². The zero-order valence-electron chi connectivity index (χ0n) is 11.4. The molecule has 1 aromatic heterocycles. The van der Waals surface area contributed by atoms with Gasteiger partial charge in [-0.15, -0.1) is 0 Å². The van der Waals surface area contributed by atoms with Crippen molar-refractivity contribution in [1.29, 1.82) is 0 Å². The quantitative estimate of drug-likeness (QED) is 0.854. The van der Waals surface area contributed by atoms with Gasteiger partial charge in [-0.3, -0.25) is 9.88 Å². The molecule has 0 bridgehead atoms. The number of nitrogens with zero attached hydrogens (tertiary/aromatic N) is 2. The minimum atomic E-state index is 0.299. The molecule has 3 nitrogen and oxygen atoms in total. The molecule has 0 unspecified atom stereocenters. The normalized spacial score (nSPS) is 19.8. The molecule has 1 fully saturated rings. The maximum absolute atomic E-state index is 6.07. The van der Waals surface area contributed by atoms with Crippen LogP contribution in [0, 0.1) is 13.8 Å². The number of anilines is 1. The van der Waals surface area contributed by atoms with Gasteiger partial charge in [-0.2, -0.15) is 0 Å². The lowest BCUT2D eigenvalue weighted by Gasteiger charge is -2.31. The summed E-state index contributed by atoms with van der Waals surface area (Å²) in [6, 6.07) is 0. The Bertz CT molecular complexity index is 424. The summed E-state index contributed by atoms with van der Waals surface area (Å²) < 4.78 is 0. The molecule has 1 aromatic rings. The highest BCUT2D eigenvalue weighted by Gasteiger charge is 2.32. The molecule has 0 aromatic carbocycles. The van der Waals surface area contributed by atoms with E-state index >= 15 is 0 Å². The first-order valence-corrected chi connectivity index (χ1v) is 6.37. The number of aromatic nitrogens is 1. The summed E-state index contributed by atoms with van der Waals surface area (Å²) in [6.07, 6.45) is 4.45. The third-order valence-corrected chi connectivity index (χ3v) is 4.09. The van der Waals surface area contributed by atoms with Gasteiger partial charge in [0.15, 0.2) is 0 Å². The molecular formula is C14H23N3. The molecule has 0 amide bonds. The fourth-order valence-electron chi connectivity index (χ4n) is 2.59. The molecule has 0 aliphatic carbocycles. The fraction of sp³-hybridized carbons (Fsp3) is 0.643. The Kier molecular flexibility index (Phi) is 3.13. The van der Waals surface area contributed by atoms with Gasteiger partial charge < -0.3 is 5.73 Å². The lowest BCUT2D eigenvalue weighted by atomic mass is 10.0. The zero-order valence-corrected chi connectivity index (χ0v) is 11.4. The van der Waals surface area contributed by atoms with Crippen molar-refractivity contribution >= 4 is 5.69 Å². The van der Waals surface area contributed by atoms with Gasteiger partial charge in [0.25, 0.3) is 0 Å². The molecule has 1 aliphatic heterocycles. The minimum absolute atomic E-state index is 0.299. The summed E-state index contributed by atoms with van der Waals surface area (Å²) in [5, 5.41) is 0. The van der Waals surface area contributed by atoms with Crippen LogP contribution in [0.5, 0.6) is 0 Å². The summed E-state index contributed by atoms with van der Waals surface area (Å²) in [7, 11) is 0. The van der Waals surface area contributed by atoms with Crippen molar-refractivity contribution in [3.8, 4) is 0 Å². The van der Waals surface area contributed by atoms with E-state index in [9.17, 15) is 0 Å². The molecular weight excluding hydrogens is 210 g/mol.